The SMILES string of the molecule is CCCCCCCCCCCCc1ccc(-c2ncc(OCC(F)CCCC(F)CCC)cn2)cc1. The number of unbranched alkanes of at least 4 members (excludes halogenated alkanes) is 9. The molecule has 0 aliphatic heterocycles. The molecule has 0 fully saturated rings. The predicted molar refractivity (Wildman–Crippen MR) is 147 cm³/mol. The summed E-state index contributed by atoms with van der Waals surface area (Å²) in [6.07, 6.45) is 18.5. The van der Waals surface area contributed by atoms with Gasteiger partial charge in [-0.15, -0.1) is 0 Å². The summed E-state index contributed by atoms with van der Waals surface area (Å²) >= 11 is 0. The standard InChI is InChI=1S/C31H48F2N2O/c1-3-5-6-7-8-9-10-11-12-13-16-26-19-21-27(22-20-26)31-34-23-30(24-35-31)36-25-29(33)18-14-17-28(32)15-4-2/h19-24,28-29H,3-18,25H2,1-2H3. The van der Waals surface area contributed by atoms with Crippen molar-refractivity contribution < 1.29 is 13.5 Å². The molecule has 2 atom stereocenters. The Morgan fingerprint density at radius 2 is 1.25 bits per heavy atom. The number of hydrogen-bond donors (Lipinski definition) is 0. The maximum absolute atomic E-state index is 14.0. The third-order valence-electron chi connectivity index (χ3n) is 6.73. The van der Waals surface area contributed by atoms with E-state index in [0.29, 0.717) is 37.3 Å². The summed E-state index contributed by atoms with van der Waals surface area (Å²) in [5.74, 6) is 1.09. The number of aryl methyl sites for hydroxylation is 1. The number of ether oxygens (including phenoxy) is 1. The Morgan fingerprint density at radius 3 is 1.86 bits per heavy atom. The third kappa shape index (κ3) is 13.3. The molecule has 202 valence electrons. The number of nitrogens with zero attached hydrogens (tertiary/aromatic N) is 2. The van der Waals surface area contributed by atoms with Gasteiger partial charge in [0.15, 0.2) is 11.6 Å². The van der Waals surface area contributed by atoms with Gasteiger partial charge >= 0.3 is 0 Å². The topological polar surface area (TPSA) is 35.0 Å². The highest BCUT2D eigenvalue weighted by Crippen LogP contribution is 2.20. The van der Waals surface area contributed by atoms with Gasteiger partial charge in [-0.25, -0.2) is 18.7 Å². The van der Waals surface area contributed by atoms with E-state index < -0.39 is 12.3 Å². The Balaban J connectivity index is 1.61. The Hall–Kier alpha value is -2.04. The van der Waals surface area contributed by atoms with Gasteiger partial charge in [0.1, 0.15) is 19.0 Å². The van der Waals surface area contributed by atoms with Crippen molar-refractivity contribution in [1.82, 2.24) is 9.97 Å². The number of rotatable bonds is 21. The van der Waals surface area contributed by atoms with Crippen LogP contribution in [0.5, 0.6) is 5.75 Å². The first-order valence-corrected chi connectivity index (χ1v) is 14.4. The summed E-state index contributed by atoms with van der Waals surface area (Å²) in [6.45, 7) is 4.17. The Bertz CT molecular complexity index is 782. The zero-order valence-electron chi connectivity index (χ0n) is 22.7. The summed E-state index contributed by atoms with van der Waals surface area (Å²) < 4.78 is 33.0. The molecule has 1 heterocycles. The van der Waals surface area contributed by atoms with Crippen LogP contribution in [0.15, 0.2) is 36.7 Å². The second-order valence-corrected chi connectivity index (χ2v) is 10.1. The van der Waals surface area contributed by atoms with Gasteiger partial charge < -0.3 is 4.74 Å². The molecule has 36 heavy (non-hydrogen) atoms. The smallest absolute Gasteiger partial charge is 0.159 e. The van der Waals surface area contributed by atoms with Crippen LogP contribution in [-0.2, 0) is 6.42 Å². The van der Waals surface area contributed by atoms with Crippen molar-refractivity contribution >= 4 is 0 Å². The average Bonchev–Trinajstić information content (AvgIpc) is 2.89. The molecule has 0 bridgehead atoms. The van der Waals surface area contributed by atoms with E-state index >= 15 is 0 Å². The van der Waals surface area contributed by atoms with Crippen molar-refractivity contribution in [2.45, 2.75) is 129 Å². The van der Waals surface area contributed by atoms with Gasteiger partial charge in [0, 0.05) is 5.56 Å². The molecule has 0 aliphatic carbocycles. The number of halogens is 2. The van der Waals surface area contributed by atoms with Crippen LogP contribution in [0.1, 0.15) is 116 Å². The quantitative estimate of drug-likeness (QED) is 0.159. The second kappa shape index (κ2) is 19.1. The number of aromatic nitrogens is 2. The molecule has 5 heteroatoms. The molecule has 0 amide bonds. The fourth-order valence-electron chi connectivity index (χ4n) is 4.47. The molecule has 1 aromatic carbocycles. The van der Waals surface area contributed by atoms with Crippen molar-refractivity contribution in [2.24, 2.45) is 0 Å². The van der Waals surface area contributed by atoms with Crippen LogP contribution in [0.4, 0.5) is 8.78 Å². The van der Waals surface area contributed by atoms with E-state index in [9.17, 15) is 8.78 Å². The third-order valence-corrected chi connectivity index (χ3v) is 6.73. The summed E-state index contributed by atoms with van der Waals surface area (Å²) in [5.41, 5.74) is 2.31. The molecular weight excluding hydrogens is 454 g/mol. The first-order valence-electron chi connectivity index (χ1n) is 14.4. The maximum Gasteiger partial charge on any atom is 0.159 e. The Morgan fingerprint density at radius 1 is 0.667 bits per heavy atom. The summed E-state index contributed by atoms with van der Waals surface area (Å²) in [6, 6.07) is 8.45. The highest BCUT2D eigenvalue weighted by atomic mass is 19.1. The second-order valence-electron chi connectivity index (χ2n) is 10.1. The monoisotopic (exact) mass is 502 g/mol. The van der Waals surface area contributed by atoms with E-state index in [1.807, 2.05) is 6.92 Å². The van der Waals surface area contributed by atoms with E-state index in [4.69, 9.17) is 4.74 Å². The minimum Gasteiger partial charge on any atom is -0.487 e. The molecule has 2 rings (SSSR count). The fourth-order valence-corrected chi connectivity index (χ4v) is 4.47. The van der Waals surface area contributed by atoms with Gasteiger partial charge in [-0.3, -0.25) is 0 Å². The molecule has 0 saturated heterocycles. The largest absolute Gasteiger partial charge is 0.487 e. The lowest BCUT2D eigenvalue weighted by Crippen LogP contribution is -2.14. The van der Waals surface area contributed by atoms with E-state index in [0.717, 1.165) is 18.4 Å². The molecule has 0 aliphatic rings. The van der Waals surface area contributed by atoms with Crippen molar-refractivity contribution in [3.63, 3.8) is 0 Å². The summed E-state index contributed by atoms with van der Waals surface area (Å²) in [5, 5.41) is 0. The van der Waals surface area contributed by atoms with Crippen LogP contribution in [0.25, 0.3) is 11.4 Å². The van der Waals surface area contributed by atoms with Crippen LogP contribution in [0.2, 0.25) is 0 Å². The Kier molecular flexibility index (Phi) is 16.0. The summed E-state index contributed by atoms with van der Waals surface area (Å²) in [7, 11) is 0. The molecular formula is C31H48F2N2O. The molecule has 0 N–H and O–H groups in total. The first kappa shape index (κ1) is 30.2. The van der Waals surface area contributed by atoms with E-state index in [2.05, 4.69) is 41.2 Å². The molecule has 3 nitrogen and oxygen atoms in total. The average molecular weight is 503 g/mol. The number of alkyl halides is 2. The molecule has 0 radical (unpaired) electrons. The van der Waals surface area contributed by atoms with E-state index in [1.54, 1.807) is 12.4 Å². The van der Waals surface area contributed by atoms with Gasteiger partial charge in [-0.2, -0.15) is 0 Å². The molecule has 2 aromatic rings. The minimum absolute atomic E-state index is 0.0545. The van der Waals surface area contributed by atoms with Crippen LogP contribution in [0, 0.1) is 0 Å². The Labute approximate surface area is 218 Å². The lowest BCUT2D eigenvalue weighted by molar-refractivity contribution is 0.177. The normalized spacial score (nSPS) is 13.0. The van der Waals surface area contributed by atoms with Gasteiger partial charge in [0.2, 0.25) is 0 Å². The van der Waals surface area contributed by atoms with Crippen LogP contribution < -0.4 is 4.74 Å². The van der Waals surface area contributed by atoms with Crippen molar-refractivity contribution in [3.8, 4) is 17.1 Å². The van der Waals surface area contributed by atoms with Gasteiger partial charge in [0.25, 0.3) is 0 Å². The maximum atomic E-state index is 14.0. The fraction of sp³-hybridized carbons (Fsp3) is 0.677. The highest BCUT2D eigenvalue weighted by molar-refractivity contribution is 5.55. The number of hydrogen-bond acceptors (Lipinski definition) is 3. The zero-order chi connectivity index (χ0) is 25.8. The van der Waals surface area contributed by atoms with Crippen LogP contribution in [0.3, 0.4) is 0 Å². The van der Waals surface area contributed by atoms with Crippen molar-refractivity contribution in [2.75, 3.05) is 6.61 Å². The molecule has 0 saturated carbocycles. The summed E-state index contributed by atoms with van der Waals surface area (Å²) in [4.78, 5) is 8.76. The number of benzene rings is 1. The predicted octanol–water partition coefficient (Wildman–Crippen LogP) is 9.63. The molecule has 0 spiro atoms. The lowest BCUT2D eigenvalue weighted by atomic mass is 10.0. The van der Waals surface area contributed by atoms with Crippen LogP contribution >= 0.6 is 0 Å². The molecule has 2 unspecified atom stereocenters. The lowest BCUT2D eigenvalue weighted by Gasteiger charge is -2.11. The minimum atomic E-state index is -1.11. The van der Waals surface area contributed by atoms with Crippen molar-refractivity contribution in [3.05, 3.63) is 42.2 Å². The van der Waals surface area contributed by atoms with Crippen molar-refractivity contribution in [1.29, 1.82) is 0 Å². The first-order chi connectivity index (χ1) is 17.6. The van der Waals surface area contributed by atoms with Gasteiger partial charge in [0.05, 0.1) is 12.4 Å². The van der Waals surface area contributed by atoms with Gasteiger partial charge in [-0.1, -0.05) is 102 Å². The van der Waals surface area contributed by atoms with Crippen LogP contribution in [-0.4, -0.2) is 28.9 Å². The zero-order valence-corrected chi connectivity index (χ0v) is 22.7. The van der Waals surface area contributed by atoms with Gasteiger partial charge in [-0.05, 0) is 44.1 Å². The molecule has 1 aromatic heterocycles. The van der Waals surface area contributed by atoms with E-state index in [1.165, 1.54) is 69.8 Å². The van der Waals surface area contributed by atoms with E-state index in [-0.39, 0.29) is 6.61 Å². The highest BCUT2D eigenvalue weighted by Gasteiger charge is 2.11.